The second-order valence-electron chi connectivity index (χ2n) is 22.1. The van der Waals surface area contributed by atoms with Crippen LogP contribution in [0.25, 0.3) is 0 Å². The van der Waals surface area contributed by atoms with Crippen molar-refractivity contribution >= 4 is 17.9 Å². The normalized spacial score (nSPS) is 11.3. The molecule has 0 unspecified atom stereocenters. The topological polar surface area (TPSA) is 114 Å². The lowest BCUT2D eigenvalue weighted by Crippen LogP contribution is -2.30. The lowest BCUT2D eigenvalue weighted by molar-refractivity contribution is -0.145. The van der Waals surface area contributed by atoms with Gasteiger partial charge < -0.3 is 29.5 Å². The van der Waals surface area contributed by atoms with Crippen molar-refractivity contribution < 1.29 is 33.7 Å². The fourth-order valence-corrected chi connectivity index (χ4v) is 9.58. The summed E-state index contributed by atoms with van der Waals surface area (Å²) in [5.41, 5.74) is 0. The highest BCUT2D eigenvalue weighted by Gasteiger charge is 2.13. The second-order valence-corrected chi connectivity index (χ2v) is 22.1. The second kappa shape index (κ2) is 67.4. The number of rotatable bonds is 61. The van der Waals surface area contributed by atoms with E-state index in [0.717, 1.165) is 71.0 Å². The molecule has 9 nitrogen and oxygen atoms in total. The van der Waals surface area contributed by atoms with E-state index in [1.54, 1.807) is 0 Å². The summed E-state index contributed by atoms with van der Waals surface area (Å²) in [5.74, 6) is -0.335. The van der Waals surface area contributed by atoms with Crippen LogP contribution in [0.4, 0.5) is 0 Å². The van der Waals surface area contributed by atoms with Crippen LogP contribution in [0.5, 0.6) is 0 Å². The molecule has 0 aliphatic carbocycles. The fourth-order valence-electron chi connectivity index (χ4n) is 9.58. The molecule has 0 aliphatic rings. The number of ether oxygens (including phenoxy) is 3. The standard InChI is InChI=1S/C41H81NO5.C24H49NO2/c1-3-5-7-9-11-13-15-17-19-21-23-25-30-38-46-40(44)32-35-42(34-28-27-29-37-43)36-33-41(45)47-39-31-26-24-22-20-18-16-14-12-10-8-6-4-2;1-3-5-7-9-10-11-12-13-14-15-16-17-19-23-27-24(26)20-22-25-21-18-8-6-4-2/h43H,3-39H2,1-2H3;25H,3-23H2,1-2H3. The molecule has 9 heteroatoms. The van der Waals surface area contributed by atoms with Crippen LogP contribution >= 0.6 is 0 Å². The van der Waals surface area contributed by atoms with Crippen LogP contribution in [-0.2, 0) is 28.6 Å². The van der Waals surface area contributed by atoms with Gasteiger partial charge in [-0.3, -0.25) is 14.4 Å². The monoisotopic (exact) mass is 1050 g/mol. The number of aliphatic hydroxyl groups excluding tert-OH is 1. The molecule has 2 N–H and O–H groups in total. The Morgan fingerprint density at radius 3 is 0.851 bits per heavy atom. The minimum atomic E-state index is -0.144. The van der Waals surface area contributed by atoms with Crippen LogP contribution < -0.4 is 5.32 Å². The molecule has 0 heterocycles. The van der Waals surface area contributed by atoms with E-state index in [4.69, 9.17) is 19.3 Å². The molecule has 0 aliphatic heterocycles. The summed E-state index contributed by atoms with van der Waals surface area (Å²) in [5, 5.41) is 12.4. The molecule has 0 saturated carbocycles. The maximum absolute atomic E-state index is 12.4. The van der Waals surface area contributed by atoms with E-state index >= 15 is 0 Å². The van der Waals surface area contributed by atoms with E-state index in [-0.39, 0.29) is 24.5 Å². The Morgan fingerprint density at radius 1 is 0.297 bits per heavy atom. The number of hydrogen-bond donors (Lipinski definition) is 2. The molecule has 0 bridgehead atoms. The predicted molar refractivity (Wildman–Crippen MR) is 318 cm³/mol. The Bertz CT molecular complexity index is 1040. The third-order valence-electron chi connectivity index (χ3n) is 14.6. The van der Waals surface area contributed by atoms with Crippen molar-refractivity contribution in [2.45, 2.75) is 342 Å². The average Bonchev–Trinajstić information content (AvgIpc) is 3.40. The van der Waals surface area contributed by atoms with Gasteiger partial charge in [0, 0.05) is 26.2 Å². The number of unbranched alkanes of at least 4 members (excludes halogenated alkanes) is 41. The Hall–Kier alpha value is -1.71. The van der Waals surface area contributed by atoms with Gasteiger partial charge in [-0.1, -0.05) is 278 Å². The predicted octanol–water partition coefficient (Wildman–Crippen LogP) is 18.7. The first-order valence-corrected chi connectivity index (χ1v) is 33.0. The molecule has 0 saturated heterocycles. The quantitative estimate of drug-likeness (QED) is 0.0349. The molecule has 0 spiro atoms. The summed E-state index contributed by atoms with van der Waals surface area (Å²) in [6.45, 7) is 14.7. The van der Waals surface area contributed by atoms with Crippen LogP contribution in [0.3, 0.4) is 0 Å². The van der Waals surface area contributed by atoms with Crippen molar-refractivity contribution in [3.05, 3.63) is 0 Å². The first-order valence-electron chi connectivity index (χ1n) is 33.0. The van der Waals surface area contributed by atoms with E-state index in [0.29, 0.717) is 52.2 Å². The average molecular weight is 1050 g/mol. The van der Waals surface area contributed by atoms with Crippen LogP contribution in [0.15, 0.2) is 0 Å². The largest absolute Gasteiger partial charge is 0.466 e. The van der Waals surface area contributed by atoms with Crippen LogP contribution in [0.1, 0.15) is 342 Å². The number of nitrogens with one attached hydrogen (secondary N) is 1. The molecule has 0 amide bonds. The van der Waals surface area contributed by atoms with Gasteiger partial charge in [0.2, 0.25) is 0 Å². The van der Waals surface area contributed by atoms with Gasteiger partial charge in [0.05, 0.1) is 39.1 Å². The Balaban J connectivity index is 0. The molecule has 0 fully saturated rings. The summed E-state index contributed by atoms with van der Waals surface area (Å²) < 4.78 is 16.3. The maximum Gasteiger partial charge on any atom is 0.307 e. The molecule has 442 valence electrons. The third kappa shape index (κ3) is 66.4. The smallest absolute Gasteiger partial charge is 0.307 e. The Labute approximate surface area is 461 Å². The molecule has 0 aromatic carbocycles. The van der Waals surface area contributed by atoms with Crippen LogP contribution in [0.2, 0.25) is 0 Å². The van der Waals surface area contributed by atoms with Crippen molar-refractivity contribution in [3.63, 3.8) is 0 Å². The van der Waals surface area contributed by atoms with Gasteiger partial charge in [-0.2, -0.15) is 0 Å². The molecule has 0 aromatic heterocycles. The molecular formula is C65H130N2O7. The zero-order valence-electron chi connectivity index (χ0n) is 50.4. The van der Waals surface area contributed by atoms with Crippen LogP contribution in [-0.4, -0.2) is 87.1 Å². The minimum absolute atomic E-state index is 0.0463. The van der Waals surface area contributed by atoms with Crippen molar-refractivity contribution in [2.75, 3.05) is 59.2 Å². The zero-order chi connectivity index (χ0) is 54.2. The highest BCUT2D eigenvalue weighted by molar-refractivity contribution is 5.70. The highest BCUT2D eigenvalue weighted by Crippen LogP contribution is 2.16. The molecule has 0 rings (SSSR count). The van der Waals surface area contributed by atoms with E-state index < -0.39 is 0 Å². The van der Waals surface area contributed by atoms with Gasteiger partial charge in [0.15, 0.2) is 0 Å². The van der Waals surface area contributed by atoms with Crippen molar-refractivity contribution in [1.29, 1.82) is 0 Å². The minimum Gasteiger partial charge on any atom is -0.466 e. The van der Waals surface area contributed by atoms with E-state index in [2.05, 4.69) is 37.9 Å². The summed E-state index contributed by atoms with van der Waals surface area (Å²) in [6, 6.07) is 0. The lowest BCUT2D eigenvalue weighted by atomic mass is 10.0. The van der Waals surface area contributed by atoms with E-state index in [1.165, 1.54) is 244 Å². The van der Waals surface area contributed by atoms with E-state index in [9.17, 15) is 14.4 Å². The number of nitrogens with zero attached hydrogens (tertiary/aromatic N) is 1. The fraction of sp³-hybridized carbons (Fsp3) is 0.954. The summed E-state index contributed by atoms with van der Waals surface area (Å²) in [7, 11) is 0. The Kier molecular flexibility index (Phi) is 67.7. The van der Waals surface area contributed by atoms with Gasteiger partial charge in [-0.15, -0.1) is 0 Å². The lowest BCUT2D eigenvalue weighted by Gasteiger charge is -2.21. The molecule has 0 atom stereocenters. The first kappa shape index (κ1) is 74.4. The summed E-state index contributed by atoms with van der Waals surface area (Å²) >= 11 is 0. The molecule has 74 heavy (non-hydrogen) atoms. The van der Waals surface area contributed by atoms with E-state index in [1.807, 2.05) is 0 Å². The number of carbonyl (C=O) groups is 3. The number of hydrogen-bond acceptors (Lipinski definition) is 9. The summed E-state index contributed by atoms with van der Waals surface area (Å²) in [6.07, 6.45) is 60.4. The molecule has 0 aromatic rings. The van der Waals surface area contributed by atoms with Gasteiger partial charge >= 0.3 is 17.9 Å². The van der Waals surface area contributed by atoms with Crippen LogP contribution in [0, 0.1) is 0 Å². The Morgan fingerprint density at radius 2 is 0.554 bits per heavy atom. The van der Waals surface area contributed by atoms with Gasteiger partial charge in [0.1, 0.15) is 0 Å². The third-order valence-corrected chi connectivity index (χ3v) is 14.6. The number of carbonyl (C=O) groups excluding carboxylic acids is 3. The van der Waals surface area contributed by atoms with Crippen molar-refractivity contribution in [2.24, 2.45) is 0 Å². The number of aliphatic hydroxyl groups is 1. The number of esters is 3. The highest BCUT2D eigenvalue weighted by atomic mass is 16.5. The summed E-state index contributed by atoms with van der Waals surface area (Å²) in [4.78, 5) is 38.5. The molecule has 0 radical (unpaired) electrons. The van der Waals surface area contributed by atoms with Gasteiger partial charge in [0.25, 0.3) is 0 Å². The van der Waals surface area contributed by atoms with Gasteiger partial charge in [-0.05, 0) is 58.0 Å². The zero-order valence-corrected chi connectivity index (χ0v) is 50.4. The first-order chi connectivity index (χ1) is 36.4. The maximum atomic E-state index is 12.4. The SMILES string of the molecule is CCCCCCCCCCCCCCCOC(=O)CCN(CCCCCO)CCC(=O)OCCCCCCCCCCCCCCC.CCCCCCCCCCCCCCCOC(=O)CCNCCCCCC. The van der Waals surface area contributed by atoms with Crippen molar-refractivity contribution in [3.8, 4) is 0 Å². The molecular weight excluding hydrogens is 921 g/mol. The van der Waals surface area contributed by atoms with Gasteiger partial charge in [-0.25, -0.2) is 0 Å². The van der Waals surface area contributed by atoms with Crippen molar-refractivity contribution in [1.82, 2.24) is 10.2 Å².